The Hall–Kier alpha value is -1.36. The van der Waals surface area contributed by atoms with Gasteiger partial charge in [-0.1, -0.05) is 19.8 Å². The van der Waals surface area contributed by atoms with Gasteiger partial charge in [-0.2, -0.15) is 5.10 Å². The van der Waals surface area contributed by atoms with Crippen LogP contribution in [-0.2, 0) is 13.0 Å². The third-order valence-electron chi connectivity index (χ3n) is 4.26. The highest BCUT2D eigenvalue weighted by atomic mass is 16.2. The molecule has 0 spiro atoms. The molecule has 112 valence electrons. The minimum absolute atomic E-state index is 0.0404. The first kappa shape index (κ1) is 15.0. The van der Waals surface area contributed by atoms with E-state index in [1.165, 1.54) is 25.7 Å². The number of nitrogens with zero attached hydrogens (tertiary/aromatic N) is 2. The van der Waals surface area contributed by atoms with Crippen molar-refractivity contribution in [1.29, 1.82) is 0 Å². The molecule has 1 saturated carbocycles. The molecule has 0 radical (unpaired) electrons. The van der Waals surface area contributed by atoms with Gasteiger partial charge in [-0.3, -0.25) is 9.48 Å². The number of aryl methyl sites for hydroxylation is 2. The SMILES string of the molecule is CCc1cc(C(=O)NC(CN)C2CCCC2)n(CC)n1. The molecule has 1 atom stereocenters. The van der Waals surface area contributed by atoms with E-state index in [1.807, 2.05) is 19.9 Å². The van der Waals surface area contributed by atoms with Crippen LogP contribution in [0.3, 0.4) is 0 Å². The lowest BCUT2D eigenvalue weighted by Crippen LogP contribution is -2.45. The molecule has 0 bridgehead atoms. The van der Waals surface area contributed by atoms with Gasteiger partial charge in [0.15, 0.2) is 0 Å². The van der Waals surface area contributed by atoms with Crippen LogP contribution in [0.1, 0.15) is 55.7 Å². The molecule has 1 amide bonds. The zero-order chi connectivity index (χ0) is 14.5. The van der Waals surface area contributed by atoms with Gasteiger partial charge < -0.3 is 11.1 Å². The van der Waals surface area contributed by atoms with E-state index in [0.717, 1.165) is 12.1 Å². The highest BCUT2D eigenvalue weighted by Crippen LogP contribution is 2.27. The van der Waals surface area contributed by atoms with Gasteiger partial charge in [0, 0.05) is 19.1 Å². The standard InChI is InChI=1S/C15H26N4O/c1-3-12-9-14(19(4-2)18-12)15(20)17-13(10-16)11-7-5-6-8-11/h9,11,13H,3-8,10,16H2,1-2H3,(H,17,20). The fraction of sp³-hybridized carbons (Fsp3) is 0.733. The van der Waals surface area contributed by atoms with Crippen molar-refractivity contribution in [3.05, 3.63) is 17.5 Å². The lowest BCUT2D eigenvalue weighted by molar-refractivity contribution is 0.0913. The maximum absolute atomic E-state index is 12.5. The maximum atomic E-state index is 12.5. The van der Waals surface area contributed by atoms with Crippen molar-refractivity contribution in [2.24, 2.45) is 11.7 Å². The van der Waals surface area contributed by atoms with E-state index >= 15 is 0 Å². The molecule has 3 N–H and O–H groups in total. The van der Waals surface area contributed by atoms with E-state index in [-0.39, 0.29) is 11.9 Å². The predicted molar refractivity (Wildman–Crippen MR) is 79.5 cm³/mol. The third kappa shape index (κ3) is 3.20. The lowest BCUT2D eigenvalue weighted by Gasteiger charge is -2.23. The zero-order valence-electron chi connectivity index (χ0n) is 12.6. The summed E-state index contributed by atoms with van der Waals surface area (Å²) in [6.45, 7) is 5.27. The molecule has 1 fully saturated rings. The van der Waals surface area contributed by atoms with Crippen molar-refractivity contribution in [3.8, 4) is 0 Å². The number of nitrogens with two attached hydrogens (primary N) is 1. The van der Waals surface area contributed by atoms with Crippen molar-refractivity contribution in [3.63, 3.8) is 0 Å². The number of hydrogen-bond donors (Lipinski definition) is 2. The van der Waals surface area contributed by atoms with E-state index in [2.05, 4.69) is 10.4 Å². The average molecular weight is 278 g/mol. The molecule has 1 unspecified atom stereocenters. The first-order chi connectivity index (χ1) is 9.69. The molecule has 20 heavy (non-hydrogen) atoms. The summed E-state index contributed by atoms with van der Waals surface area (Å²) in [7, 11) is 0. The number of aromatic nitrogens is 2. The molecule has 1 aromatic rings. The Labute approximate surface area is 120 Å². The summed E-state index contributed by atoms with van der Waals surface area (Å²) in [6, 6.07) is 1.98. The molecule has 0 aromatic carbocycles. The summed E-state index contributed by atoms with van der Waals surface area (Å²) >= 11 is 0. The van der Waals surface area contributed by atoms with Crippen LogP contribution in [0.5, 0.6) is 0 Å². The van der Waals surface area contributed by atoms with Crippen molar-refractivity contribution >= 4 is 5.91 Å². The Kier molecular flexibility index (Phi) is 5.17. The van der Waals surface area contributed by atoms with Crippen molar-refractivity contribution in [2.45, 2.75) is 58.5 Å². The van der Waals surface area contributed by atoms with Gasteiger partial charge >= 0.3 is 0 Å². The number of amides is 1. The van der Waals surface area contributed by atoms with Gasteiger partial charge in [-0.15, -0.1) is 0 Å². The fourth-order valence-electron chi connectivity index (χ4n) is 3.04. The van der Waals surface area contributed by atoms with Crippen molar-refractivity contribution in [1.82, 2.24) is 15.1 Å². The average Bonchev–Trinajstić information content (AvgIpc) is 3.12. The van der Waals surface area contributed by atoms with Crippen LogP contribution in [0.15, 0.2) is 6.07 Å². The molecular weight excluding hydrogens is 252 g/mol. The summed E-state index contributed by atoms with van der Waals surface area (Å²) in [6.07, 6.45) is 5.70. The molecule has 2 rings (SSSR count). The van der Waals surface area contributed by atoms with Crippen molar-refractivity contribution in [2.75, 3.05) is 6.54 Å². The van der Waals surface area contributed by atoms with Gasteiger partial charge in [0.2, 0.25) is 0 Å². The molecule has 1 heterocycles. The van der Waals surface area contributed by atoms with E-state index in [4.69, 9.17) is 5.73 Å². The minimum atomic E-state index is -0.0404. The molecule has 1 aliphatic rings. The first-order valence-corrected chi connectivity index (χ1v) is 7.77. The lowest BCUT2D eigenvalue weighted by atomic mass is 9.98. The first-order valence-electron chi connectivity index (χ1n) is 7.77. The molecule has 0 saturated heterocycles. The van der Waals surface area contributed by atoms with Crippen LogP contribution in [-0.4, -0.2) is 28.3 Å². The Balaban J connectivity index is 2.07. The number of carbonyl (C=O) groups excluding carboxylic acids is 1. The predicted octanol–water partition coefficient (Wildman–Crippen LogP) is 1.71. The third-order valence-corrected chi connectivity index (χ3v) is 4.26. The summed E-state index contributed by atoms with van der Waals surface area (Å²) in [5, 5.41) is 7.54. The van der Waals surface area contributed by atoms with Crippen LogP contribution in [0.4, 0.5) is 0 Å². The molecule has 1 aliphatic carbocycles. The Morgan fingerprint density at radius 2 is 2.20 bits per heavy atom. The Morgan fingerprint density at radius 1 is 1.50 bits per heavy atom. The molecular formula is C15H26N4O. The molecule has 0 aliphatic heterocycles. The molecule has 1 aromatic heterocycles. The maximum Gasteiger partial charge on any atom is 0.269 e. The molecule has 5 nitrogen and oxygen atoms in total. The van der Waals surface area contributed by atoms with Gasteiger partial charge in [0.05, 0.1) is 5.69 Å². The van der Waals surface area contributed by atoms with Crippen molar-refractivity contribution < 1.29 is 4.79 Å². The largest absolute Gasteiger partial charge is 0.346 e. The van der Waals surface area contributed by atoms with Crippen LogP contribution in [0.25, 0.3) is 0 Å². The second-order valence-electron chi connectivity index (χ2n) is 5.55. The van der Waals surface area contributed by atoms with Gasteiger partial charge in [0.1, 0.15) is 5.69 Å². The number of hydrogen-bond acceptors (Lipinski definition) is 3. The van der Waals surface area contributed by atoms with Gasteiger partial charge in [-0.25, -0.2) is 0 Å². The normalized spacial score (nSPS) is 17.4. The monoisotopic (exact) mass is 278 g/mol. The quantitative estimate of drug-likeness (QED) is 0.832. The molecule has 5 heteroatoms. The fourth-order valence-corrected chi connectivity index (χ4v) is 3.04. The Bertz CT molecular complexity index is 449. The van der Waals surface area contributed by atoms with Crippen LogP contribution in [0.2, 0.25) is 0 Å². The highest BCUT2D eigenvalue weighted by molar-refractivity contribution is 5.92. The van der Waals surface area contributed by atoms with Gasteiger partial charge in [0.25, 0.3) is 5.91 Å². The second kappa shape index (κ2) is 6.88. The second-order valence-corrected chi connectivity index (χ2v) is 5.55. The van der Waals surface area contributed by atoms with E-state index in [0.29, 0.717) is 24.7 Å². The van der Waals surface area contributed by atoms with Gasteiger partial charge in [-0.05, 0) is 38.2 Å². The minimum Gasteiger partial charge on any atom is -0.346 e. The van der Waals surface area contributed by atoms with E-state index < -0.39 is 0 Å². The summed E-state index contributed by atoms with van der Waals surface area (Å²) in [5.41, 5.74) is 7.46. The number of carbonyl (C=O) groups is 1. The Morgan fingerprint density at radius 3 is 2.75 bits per heavy atom. The van der Waals surface area contributed by atoms with Crippen LogP contribution >= 0.6 is 0 Å². The zero-order valence-corrected chi connectivity index (χ0v) is 12.6. The number of rotatable bonds is 6. The van der Waals surface area contributed by atoms with Crippen LogP contribution in [0, 0.1) is 5.92 Å². The summed E-state index contributed by atoms with van der Waals surface area (Å²) in [4.78, 5) is 12.5. The summed E-state index contributed by atoms with van der Waals surface area (Å²) in [5.74, 6) is 0.494. The smallest absolute Gasteiger partial charge is 0.269 e. The van der Waals surface area contributed by atoms with Crippen LogP contribution < -0.4 is 11.1 Å². The number of nitrogens with one attached hydrogen (secondary N) is 1. The topological polar surface area (TPSA) is 72.9 Å². The van der Waals surface area contributed by atoms with E-state index in [9.17, 15) is 4.79 Å². The summed E-state index contributed by atoms with van der Waals surface area (Å²) < 4.78 is 1.77. The highest BCUT2D eigenvalue weighted by Gasteiger charge is 2.26. The van der Waals surface area contributed by atoms with E-state index in [1.54, 1.807) is 4.68 Å².